The van der Waals surface area contributed by atoms with E-state index in [1.807, 2.05) is 0 Å². The van der Waals surface area contributed by atoms with E-state index >= 15 is 0 Å². The summed E-state index contributed by atoms with van der Waals surface area (Å²) in [6.45, 7) is 1.43. The number of carbonyl (C=O) groups is 3. The highest BCUT2D eigenvalue weighted by molar-refractivity contribution is 8.13. The molecule has 0 spiro atoms. The first-order chi connectivity index (χ1) is 11.9. The minimum absolute atomic E-state index is 0.0759. The third-order valence-corrected chi connectivity index (χ3v) is 4.83. The standard InChI is InChI=1S/C17H21NO6S/c1-10(19)25-7-6-16(20)18-12(17(21)22)5-4-11-8-14(23-2)15(24-3)9-13(11)18/h8-9,12H,4-7H2,1-3H3,(H,21,22). The van der Waals surface area contributed by atoms with E-state index in [9.17, 15) is 19.5 Å². The average Bonchev–Trinajstić information content (AvgIpc) is 2.58. The Hall–Kier alpha value is -2.22. The van der Waals surface area contributed by atoms with Gasteiger partial charge in [-0.1, -0.05) is 11.8 Å². The molecule has 136 valence electrons. The van der Waals surface area contributed by atoms with Crippen molar-refractivity contribution in [3.63, 3.8) is 0 Å². The number of carbonyl (C=O) groups excluding carboxylic acids is 2. The van der Waals surface area contributed by atoms with Gasteiger partial charge in [0.1, 0.15) is 6.04 Å². The van der Waals surface area contributed by atoms with Gasteiger partial charge in [0.05, 0.1) is 19.9 Å². The molecule has 1 atom stereocenters. The molecule has 1 aromatic rings. The second-order valence-electron chi connectivity index (χ2n) is 5.58. The fourth-order valence-corrected chi connectivity index (χ4v) is 3.43. The molecule has 8 heteroatoms. The van der Waals surface area contributed by atoms with Crippen molar-refractivity contribution in [3.8, 4) is 11.5 Å². The van der Waals surface area contributed by atoms with Gasteiger partial charge in [-0.2, -0.15) is 0 Å². The molecule has 1 amide bonds. The lowest BCUT2D eigenvalue weighted by Gasteiger charge is -2.35. The van der Waals surface area contributed by atoms with E-state index in [2.05, 4.69) is 0 Å². The van der Waals surface area contributed by atoms with Gasteiger partial charge in [0.25, 0.3) is 0 Å². The van der Waals surface area contributed by atoms with Crippen LogP contribution in [0.3, 0.4) is 0 Å². The fraction of sp³-hybridized carbons (Fsp3) is 0.471. The molecule has 0 radical (unpaired) electrons. The molecule has 0 aromatic heterocycles. The molecule has 1 aliphatic heterocycles. The highest BCUT2D eigenvalue weighted by Crippen LogP contribution is 2.40. The molecule has 2 rings (SSSR count). The molecule has 1 heterocycles. The summed E-state index contributed by atoms with van der Waals surface area (Å²) in [7, 11) is 3.01. The number of anilines is 1. The predicted molar refractivity (Wildman–Crippen MR) is 94.5 cm³/mol. The van der Waals surface area contributed by atoms with Gasteiger partial charge in [-0.05, 0) is 24.5 Å². The second kappa shape index (κ2) is 8.24. The third kappa shape index (κ3) is 4.25. The van der Waals surface area contributed by atoms with Crippen molar-refractivity contribution in [1.29, 1.82) is 0 Å². The Morgan fingerprint density at radius 3 is 2.44 bits per heavy atom. The number of carboxylic acids is 1. The van der Waals surface area contributed by atoms with Gasteiger partial charge in [-0.15, -0.1) is 0 Å². The van der Waals surface area contributed by atoms with Crippen molar-refractivity contribution < 1.29 is 29.0 Å². The molecule has 0 fully saturated rings. The summed E-state index contributed by atoms with van der Waals surface area (Å²) in [5.41, 5.74) is 1.36. The summed E-state index contributed by atoms with van der Waals surface area (Å²) < 4.78 is 10.6. The minimum Gasteiger partial charge on any atom is -0.493 e. The number of fused-ring (bicyclic) bond motifs is 1. The molecule has 25 heavy (non-hydrogen) atoms. The maximum absolute atomic E-state index is 12.7. The Balaban J connectivity index is 2.38. The Kier molecular flexibility index (Phi) is 6.30. The number of aliphatic carboxylic acids is 1. The molecule has 7 nitrogen and oxygen atoms in total. The van der Waals surface area contributed by atoms with Crippen LogP contribution in [-0.4, -0.2) is 48.1 Å². The van der Waals surface area contributed by atoms with E-state index in [0.29, 0.717) is 35.8 Å². The number of thioether (sulfide) groups is 1. The van der Waals surface area contributed by atoms with Crippen LogP contribution in [0.4, 0.5) is 5.69 Å². The van der Waals surface area contributed by atoms with Gasteiger partial charge in [-0.25, -0.2) is 4.79 Å². The summed E-state index contributed by atoms with van der Waals surface area (Å²) in [5, 5.41) is 9.44. The maximum Gasteiger partial charge on any atom is 0.326 e. The number of hydrogen-bond acceptors (Lipinski definition) is 6. The molecular weight excluding hydrogens is 346 g/mol. The number of carboxylic acid groups (broad SMARTS) is 1. The van der Waals surface area contributed by atoms with Crippen LogP contribution in [0.25, 0.3) is 0 Å². The topological polar surface area (TPSA) is 93.1 Å². The molecule has 1 N–H and O–H groups in total. The van der Waals surface area contributed by atoms with E-state index in [0.717, 1.165) is 17.3 Å². The van der Waals surface area contributed by atoms with E-state index < -0.39 is 12.0 Å². The van der Waals surface area contributed by atoms with E-state index in [-0.39, 0.29) is 17.4 Å². The van der Waals surface area contributed by atoms with Crippen LogP contribution >= 0.6 is 11.8 Å². The number of hydrogen-bond donors (Lipinski definition) is 1. The van der Waals surface area contributed by atoms with Crippen LogP contribution in [0, 0.1) is 0 Å². The Morgan fingerprint density at radius 1 is 1.24 bits per heavy atom. The molecule has 1 aromatic carbocycles. The van der Waals surface area contributed by atoms with Crippen molar-refractivity contribution in [1.82, 2.24) is 0 Å². The lowest BCUT2D eigenvalue weighted by atomic mass is 9.94. The minimum atomic E-state index is -1.05. The van der Waals surface area contributed by atoms with Gasteiger partial charge >= 0.3 is 5.97 Å². The highest BCUT2D eigenvalue weighted by atomic mass is 32.2. The van der Waals surface area contributed by atoms with Crippen LogP contribution in [0.5, 0.6) is 11.5 Å². The van der Waals surface area contributed by atoms with Crippen LogP contribution < -0.4 is 14.4 Å². The zero-order valence-electron chi connectivity index (χ0n) is 14.4. The third-order valence-electron chi connectivity index (χ3n) is 4.02. The predicted octanol–water partition coefficient (Wildman–Crippen LogP) is 2.11. The second-order valence-corrected chi connectivity index (χ2v) is 6.85. The zero-order chi connectivity index (χ0) is 18.6. The quantitative estimate of drug-likeness (QED) is 0.823. The van der Waals surface area contributed by atoms with Crippen molar-refractivity contribution in [3.05, 3.63) is 17.7 Å². The molecule has 1 aliphatic rings. The van der Waals surface area contributed by atoms with Gasteiger partial charge < -0.3 is 14.6 Å². The van der Waals surface area contributed by atoms with Gasteiger partial charge in [0.15, 0.2) is 16.6 Å². The fourth-order valence-electron chi connectivity index (χ4n) is 2.87. The largest absolute Gasteiger partial charge is 0.493 e. The molecule has 0 saturated carbocycles. The smallest absolute Gasteiger partial charge is 0.326 e. The summed E-state index contributed by atoms with van der Waals surface area (Å²) in [6, 6.07) is 2.48. The van der Waals surface area contributed by atoms with Crippen LogP contribution in [0.15, 0.2) is 12.1 Å². The highest BCUT2D eigenvalue weighted by Gasteiger charge is 2.36. The SMILES string of the molecule is COc1cc2c(cc1OC)N(C(=O)CCSC(C)=O)C(C(=O)O)CC2. The molecular formula is C17H21NO6S. The first-order valence-corrected chi connectivity index (χ1v) is 8.80. The van der Waals surface area contributed by atoms with Crippen molar-refractivity contribution in [2.24, 2.45) is 0 Å². The maximum atomic E-state index is 12.7. The van der Waals surface area contributed by atoms with E-state index in [1.165, 1.54) is 26.0 Å². The monoisotopic (exact) mass is 367 g/mol. The Morgan fingerprint density at radius 2 is 1.88 bits per heavy atom. The van der Waals surface area contributed by atoms with Crippen molar-refractivity contribution in [2.45, 2.75) is 32.2 Å². The van der Waals surface area contributed by atoms with Gasteiger partial charge in [0.2, 0.25) is 5.91 Å². The number of methoxy groups -OCH3 is 2. The molecule has 0 saturated heterocycles. The number of amides is 1. The van der Waals surface area contributed by atoms with Crippen molar-refractivity contribution in [2.75, 3.05) is 24.9 Å². The van der Waals surface area contributed by atoms with Crippen LogP contribution in [0.1, 0.15) is 25.3 Å². The number of ether oxygens (including phenoxy) is 2. The van der Waals surface area contributed by atoms with E-state index in [1.54, 1.807) is 12.1 Å². The Labute approximate surface area is 150 Å². The lowest BCUT2D eigenvalue weighted by Crippen LogP contribution is -2.48. The van der Waals surface area contributed by atoms with E-state index in [4.69, 9.17) is 9.47 Å². The first-order valence-electron chi connectivity index (χ1n) is 7.82. The number of rotatable bonds is 6. The number of benzene rings is 1. The lowest BCUT2D eigenvalue weighted by molar-refractivity contribution is -0.140. The summed E-state index contributed by atoms with van der Waals surface area (Å²) >= 11 is 1.05. The van der Waals surface area contributed by atoms with Crippen molar-refractivity contribution >= 4 is 34.4 Å². The molecule has 0 aliphatic carbocycles. The number of nitrogens with zero attached hydrogens (tertiary/aromatic N) is 1. The Bertz CT molecular complexity index is 690. The van der Waals surface area contributed by atoms with Crippen LogP contribution in [-0.2, 0) is 20.8 Å². The number of aryl methyl sites for hydroxylation is 1. The van der Waals surface area contributed by atoms with Gasteiger partial charge in [0, 0.05) is 25.2 Å². The normalized spacial score (nSPS) is 16.1. The first kappa shape index (κ1) is 19.1. The summed E-state index contributed by atoms with van der Waals surface area (Å²) in [4.78, 5) is 36.7. The zero-order valence-corrected chi connectivity index (χ0v) is 15.2. The average molecular weight is 367 g/mol. The molecule has 1 unspecified atom stereocenters. The summed E-state index contributed by atoms with van der Waals surface area (Å²) in [5.74, 6) is -0.0836. The van der Waals surface area contributed by atoms with Crippen LogP contribution in [0.2, 0.25) is 0 Å². The summed E-state index contributed by atoms with van der Waals surface area (Å²) in [6.07, 6.45) is 0.934. The van der Waals surface area contributed by atoms with Gasteiger partial charge in [-0.3, -0.25) is 14.5 Å². The molecule has 0 bridgehead atoms.